The highest BCUT2D eigenvalue weighted by molar-refractivity contribution is 7.26. The summed E-state index contributed by atoms with van der Waals surface area (Å²) in [7, 11) is 0. The first-order valence-corrected chi connectivity index (χ1v) is 21.3. The van der Waals surface area contributed by atoms with Crippen LogP contribution in [0.4, 0.5) is 17.1 Å². The van der Waals surface area contributed by atoms with E-state index >= 15 is 0 Å². The van der Waals surface area contributed by atoms with Gasteiger partial charge in [-0.1, -0.05) is 188 Å². The molecular formula is C58H39NS. The Labute approximate surface area is 354 Å². The first-order valence-electron chi connectivity index (χ1n) is 20.5. The zero-order valence-electron chi connectivity index (χ0n) is 32.9. The Morgan fingerprint density at radius 3 is 1.57 bits per heavy atom. The van der Waals surface area contributed by atoms with Crippen LogP contribution in [0.5, 0.6) is 0 Å². The average molecular weight is 782 g/mol. The Balaban J connectivity index is 1.11. The van der Waals surface area contributed by atoms with E-state index in [9.17, 15) is 0 Å². The van der Waals surface area contributed by atoms with Gasteiger partial charge in [0.2, 0.25) is 0 Å². The van der Waals surface area contributed by atoms with Crippen LogP contribution < -0.4 is 4.90 Å². The second-order valence-electron chi connectivity index (χ2n) is 15.3. The molecule has 0 saturated carbocycles. The molecule has 2 heteroatoms. The van der Waals surface area contributed by atoms with E-state index in [0.717, 1.165) is 28.2 Å². The number of hydrogen-bond donors (Lipinski definition) is 0. The molecule has 0 bridgehead atoms. The predicted octanol–water partition coefficient (Wildman–Crippen LogP) is 17.0. The average Bonchev–Trinajstić information content (AvgIpc) is 3.72. The van der Waals surface area contributed by atoms with Crippen molar-refractivity contribution in [2.45, 2.75) is 0 Å². The van der Waals surface area contributed by atoms with E-state index in [2.05, 4.69) is 241 Å². The first-order chi connectivity index (χ1) is 29.7. The molecular weight excluding hydrogens is 743 g/mol. The lowest BCUT2D eigenvalue weighted by atomic mass is 9.94. The molecule has 0 saturated heterocycles. The minimum atomic E-state index is 1.09. The van der Waals surface area contributed by atoms with Gasteiger partial charge in [-0.3, -0.25) is 0 Å². The Kier molecular flexibility index (Phi) is 9.11. The van der Waals surface area contributed by atoms with Crippen LogP contribution in [-0.2, 0) is 0 Å². The third-order valence-corrected chi connectivity index (χ3v) is 12.9. The summed E-state index contributed by atoms with van der Waals surface area (Å²) in [5.41, 5.74) is 15.2. The molecule has 0 fully saturated rings. The summed E-state index contributed by atoms with van der Waals surface area (Å²) in [5, 5.41) is 5.12. The van der Waals surface area contributed by atoms with Crippen LogP contribution in [0.3, 0.4) is 0 Å². The quantitative estimate of drug-likeness (QED) is 0.148. The van der Waals surface area contributed by atoms with Crippen molar-refractivity contribution >= 4 is 59.3 Å². The monoisotopic (exact) mass is 781 g/mol. The van der Waals surface area contributed by atoms with Gasteiger partial charge >= 0.3 is 0 Å². The van der Waals surface area contributed by atoms with Gasteiger partial charge < -0.3 is 4.90 Å². The lowest BCUT2D eigenvalue weighted by molar-refractivity contribution is 1.28. The Morgan fingerprint density at radius 2 is 0.800 bits per heavy atom. The van der Waals surface area contributed by atoms with Crippen LogP contribution in [0.25, 0.3) is 86.6 Å². The normalized spacial score (nSPS) is 11.3. The Morgan fingerprint density at radius 1 is 0.283 bits per heavy atom. The maximum absolute atomic E-state index is 2.45. The molecule has 0 unspecified atom stereocenters. The summed E-state index contributed by atoms with van der Waals surface area (Å²) in [4.78, 5) is 2.45. The van der Waals surface area contributed by atoms with Crippen LogP contribution in [0.2, 0.25) is 0 Å². The number of hydrogen-bond acceptors (Lipinski definition) is 2. The summed E-state index contributed by atoms with van der Waals surface area (Å²) < 4.78 is 2.64. The van der Waals surface area contributed by atoms with E-state index in [1.54, 1.807) is 0 Å². The lowest BCUT2D eigenvalue weighted by Crippen LogP contribution is -2.11. The number of fused-ring (bicyclic) bond motifs is 4. The van der Waals surface area contributed by atoms with E-state index in [-0.39, 0.29) is 0 Å². The van der Waals surface area contributed by atoms with E-state index in [1.807, 2.05) is 11.3 Å². The topological polar surface area (TPSA) is 3.24 Å². The molecule has 0 aliphatic rings. The van der Waals surface area contributed by atoms with Crippen molar-refractivity contribution in [3.8, 4) is 55.6 Å². The van der Waals surface area contributed by atoms with Crippen LogP contribution in [-0.4, -0.2) is 0 Å². The fourth-order valence-electron chi connectivity index (χ4n) is 8.77. The first kappa shape index (κ1) is 35.6. The maximum Gasteiger partial charge on any atom is 0.0540 e. The van der Waals surface area contributed by atoms with E-state index in [1.165, 1.54) is 75.5 Å². The SMILES string of the molecule is c1ccc(-c2cc(-c3ccccc3)cc(N(c3ccc(-c4cccc5c4sc4ccccc45)cc3)c3ccccc3-c3cccc(-c4cccc5ccccc45)c3)c2)cc1. The van der Waals surface area contributed by atoms with Crippen LogP contribution >= 0.6 is 11.3 Å². The molecule has 0 N–H and O–H groups in total. The molecule has 0 spiro atoms. The summed E-state index contributed by atoms with van der Waals surface area (Å²) in [6.45, 7) is 0. The second-order valence-corrected chi connectivity index (χ2v) is 16.3. The number of rotatable bonds is 8. The van der Waals surface area contributed by atoms with Gasteiger partial charge in [0.1, 0.15) is 0 Å². The Hall–Kier alpha value is -7.52. The zero-order chi connectivity index (χ0) is 39.8. The van der Waals surface area contributed by atoms with Crippen LogP contribution in [0.1, 0.15) is 0 Å². The molecule has 1 heterocycles. The van der Waals surface area contributed by atoms with Gasteiger partial charge in [0.15, 0.2) is 0 Å². The van der Waals surface area contributed by atoms with E-state index in [4.69, 9.17) is 0 Å². The molecule has 282 valence electrons. The van der Waals surface area contributed by atoms with Gasteiger partial charge in [-0.15, -0.1) is 11.3 Å². The number of thiophene rings is 1. The maximum atomic E-state index is 2.45. The third kappa shape index (κ3) is 6.54. The zero-order valence-corrected chi connectivity index (χ0v) is 33.7. The standard InChI is InChI=1S/C58H39NS/c1-3-16-40(17-4-1)46-37-47(41-18-5-2-6-19-41)39-49(38-46)59(48-34-32-43(33-35-48)53-28-15-29-55-54-26-10-12-31-57(54)60-58(53)55)56-30-11-9-25-52(56)45-23-13-22-44(36-45)51-27-14-21-42-20-7-8-24-50(42)51/h1-39H. The highest BCUT2D eigenvalue weighted by Crippen LogP contribution is 2.46. The van der Waals surface area contributed by atoms with Crippen LogP contribution in [0, 0.1) is 0 Å². The van der Waals surface area contributed by atoms with Crippen molar-refractivity contribution in [3.05, 3.63) is 237 Å². The van der Waals surface area contributed by atoms with Gasteiger partial charge in [0.25, 0.3) is 0 Å². The molecule has 0 amide bonds. The smallest absolute Gasteiger partial charge is 0.0540 e. The molecule has 1 nitrogen and oxygen atoms in total. The van der Waals surface area contributed by atoms with Crippen molar-refractivity contribution in [2.24, 2.45) is 0 Å². The molecule has 10 aromatic carbocycles. The molecule has 11 rings (SSSR count). The van der Waals surface area contributed by atoms with Crippen molar-refractivity contribution in [1.29, 1.82) is 0 Å². The fourth-order valence-corrected chi connectivity index (χ4v) is 10.0. The number of anilines is 3. The molecule has 11 aromatic rings. The third-order valence-electron chi connectivity index (χ3n) is 11.7. The van der Waals surface area contributed by atoms with Crippen molar-refractivity contribution in [1.82, 2.24) is 0 Å². The van der Waals surface area contributed by atoms with Crippen molar-refractivity contribution in [2.75, 3.05) is 4.90 Å². The summed E-state index contributed by atoms with van der Waals surface area (Å²) in [6, 6.07) is 86.2. The molecule has 0 atom stereocenters. The minimum Gasteiger partial charge on any atom is -0.310 e. The molecule has 0 aliphatic heterocycles. The van der Waals surface area contributed by atoms with Crippen LogP contribution in [0.15, 0.2) is 237 Å². The number of nitrogens with zero attached hydrogens (tertiary/aromatic N) is 1. The minimum absolute atomic E-state index is 1.09. The second kappa shape index (κ2) is 15.3. The number of benzene rings is 10. The van der Waals surface area contributed by atoms with E-state index < -0.39 is 0 Å². The highest BCUT2D eigenvalue weighted by Gasteiger charge is 2.20. The van der Waals surface area contributed by atoms with Gasteiger partial charge in [0, 0.05) is 37.1 Å². The van der Waals surface area contributed by atoms with Gasteiger partial charge in [-0.2, -0.15) is 0 Å². The fraction of sp³-hybridized carbons (Fsp3) is 0. The summed E-state index contributed by atoms with van der Waals surface area (Å²) >= 11 is 1.88. The van der Waals surface area contributed by atoms with E-state index in [0.29, 0.717) is 0 Å². The molecule has 0 aliphatic carbocycles. The predicted molar refractivity (Wildman–Crippen MR) is 259 cm³/mol. The van der Waals surface area contributed by atoms with Crippen molar-refractivity contribution < 1.29 is 0 Å². The molecule has 60 heavy (non-hydrogen) atoms. The summed E-state index contributed by atoms with van der Waals surface area (Å²) in [6.07, 6.45) is 0. The number of para-hydroxylation sites is 1. The Bertz CT molecular complexity index is 3250. The van der Waals surface area contributed by atoms with Gasteiger partial charge in [-0.05, 0) is 109 Å². The summed E-state index contributed by atoms with van der Waals surface area (Å²) in [5.74, 6) is 0. The highest BCUT2D eigenvalue weighted by atomic mass is 32.1. The molecule has 0 radical (unpaired) electrons. The van der Waals surface area contributed by atoms with Crippen molar-refractivity contribution in [3.63, 3.8) is 0 Å². The largest absolute Gasteiger partial charge is 0.310 e. The lowest BCUT2D eigenvalue weighted by Gasteiger charge is -2.29. The van der Waals surface area contributed by atoms with Gasteiger partial charge in [0.05, 0.1) is 5.69 Å². The van der Waals surface area contributed by atoms with Gasteiger partial charge in [-0.25, -0.2) is 0 Å². The molecule has 1 aromatic heterocycles.